The Balaban J connectivity index is 2.22. The average Bonchev–Trinajstić information content (AvgIpc) is 2.33. The van der Waals surface area contributed by atoms with E-state index in [4.69, 9.17) is 0 Å². The zero-order valence-corrected chi connectivity index (χ0v) is 12.1. The van der Waals surface area contributed by atoms with Crippen LogP contribution in [-0.2, 0) is 0 Å². The first-order valence-electron chi connectivity index (χ1n) is 6.17. The first-order chi connectivity index (χ1) is 8.56. The van der Waals surface area contributed by atoms with Crippen LogP contribution in [0.5, 0.6) is 0 Å². The Kier molecular flexibility index (Phi) is 4.07. The number of hydrogen-bond acceptors (Lipinski definition) is 3. The summed E-state index contributed by atoms with van der Waals surface area (Å²) < 4.78 is 0. The largest absolute Gasteiger partial charge is 0.258 e. The number of aryl methyl sites for hydroxylation is 2. The predicted molar refractivity (Wildman–Crippen MR) is 80.6 cm³/mol. The molecule has 2 rings (SSSR count). The monoisotopic (exact) mass is 261 g/mol. The van der Waals surface area contributed by atoms with Gasteiger partial charge in [-0.2, -0.15) is 5.10 Å². The van der Waals surface area contributed by atoms with E-state index in [1.807, 2.05) is 0 Å². The average molecular weight is 261 g/mol. The smallest absolute Gasteiger partial charge is 0.177 e. The topological polar surface area (TPSA) is 36.8 Å². The molecule has 96 valence electrons. The highest BCUT2D eigenvalue weighted by molar-refractivity contribution is 8.14. The minimum Gasteiger partial charge on any atom is -0.258 e. The molecule has 0 bridgehead atoms. The van der Waals surface area contributed by atoms with Crippen LogP contribution >= 0.6 is 11.8 Å². The third-order valence-electron chi connectivity index (χ3n) is 2.71. The van der Waals surface area contributed by atoms with Gasteiger partial charge >= 0.3 is 0 Å². The van der Waals surface area contributed by atoms with Gasteiger partial charge in [0.15, 0.2) is 5.17 Å². The number of nitrogens with zero attached hydrogens (tertiary/aromatic N) is 2. The van der Waals surface area contributed by atoms with Crippen LogP contribution in [0.1, 0.15) is 30.5 Å². The van der Waals surface area contributed by atoms with E-state index in [1.165, 1.54) is 16.7 Å². The Morgan fingerprint density at radius 1 is 1.33 bits per heavy atom. The molecule has 1 heterocycles. The number of aliphatic imine (C=N–C) groups is 1. The summed E-state index contributed by atoms with van der Waals surface area (Å²) in [6.07, 6.45) is 0. The predicted octanol–water partition coefficient (Wildman–Crippen LogP) is 3.11. The number of thioether (sulfide) groups is 1. The molecule has 0 aromatic heterocycles. The van der Waals surface area contributed by atoms with Crippen LogP contribution in [0.4, 0.5) is 0 Å². The molecule has 0 saturated heterocycles. The molecule has 1 aliphatic heterocycles. The van der Waals surface area contributed by atoms with Gasteiger partial charge in [-0.3, -0.25) is 10.4 Å². The van der Waals surface area contributed by atoms with E-state index in [1.54, 1.807) is 11.8 Å². The highest BCUT2D eigenvalue weighted by Gasteiger charge is 2.14. The summed E-state index contributed by atoms with van der Waals surface area (Å²) in [5.74, 6) is 0.878. The molecule has 1 N–H and O–H groups in total. The van der Waals surface area contributed by atoms with Gasteiger partial charge in [-0.1, -0.05) is 29.5 Å². The Morgan fingerprint density at radius 2 is 2.11 bits per heavy atom. The summed E-state index contributed by atoms with van der Waals surface area (Å²) in [6.45, 7) is 8.37. The van der Waals surface area contributed by atoms with Crippen molar-refractivity contribution in [2.75, 3.05) is 5.75 Å². The Bertz CT molecular complexity index is 504. The molecule has 1 aliphatic rings. The molecule has 0 fully saturated rings. The van der Waals surface area contributed by atoms with E-state index in [0.717, 1.165) is 16.6 Å². The van der Waals surface area contributed by atoms with Crippen molar-refractivity contribution in [3.05, 3.63) is 34.9 Å². The Morgan fingerprint density at radius 3 is 2.72 bits per heavy atom. The highest BCUT2D eigenvalue weighted by Crippen LogP contribution is 2.18. The molecule has 18 heavy (non-hydrogen) atoms. The third-order valence-corrected chi connectivity index (χ3v) is 3.60. The number of hydrazone groups is 1. The lowest BCUT2D eigenvalue weighted by Crippen LogP contribution is -2.26. The number of hydrogen-bond donors (Lipinski definition) is 1. The second-order valence-corrected chi connectivity index (χ2v) is 5.77. The number of nitrogens with one attached hydrogen (secondary N) is 1. The molecule has 1 aromatic carbocycles. The van der Waals surface area contributed by atoms with Crippen LogP contribution in [-0.4, -0.2) is 22.7 Å². The molecule has 1 aromatic rings. The lowest BCUT2D eigenvalue weighted by molar-refractivity contribution is 0.826. The minimum absolute atomic E-state index is 0.303. The molecular weight excluding hydrogens is 242 g/mol. The van der Waals surface area contributed by atoms with E-state index < -0.39 is 0 Å². The van der Waals surface area contributed by atoms with Crippen molar-refractivity contribution < 1.29 is 0 Å². The second kappa shape index (κ2) is 5.57. The Labute approximate surface area is 113 Å². The highest BCUT2D eigenvalue weighted by atomic mass is 32.2. The summed E-state index contributed by atoms with van der Waals surface area (Å²) in [7, 11) is 0. The fourth-order valence-corrected chi connectivity index (χ4v) is 2.69. The second-order valence-electron chi connectivity index (χ2n) is 4.81. The summed E-state index contributed by atoms with van der Waals surface area (Å²) in [6, 6.07) is 6.78. The van der Waals surface area contributed by atoms with Gasteiger partial charge in [-0.05, 0) is 39.3 Å². The van der Waals surface area contributed by atoms with Gasteiger partial charge in [0.25, 0.3) is 0 Å². The summed E-state index contributed by atoms with van der Waals surface area (Å²) in [4.78, 5) is 4.47. The van der Waals surface area contributed by atoms with E-state index in [2.05, 4.69) is 61.4 Å². The van der Waals surface area contributed by atoms with Gasteiger partial charge < -0.3 is 0 Å². The summed E-state index contributed by atoms with van der Waals surface area (Å²) in [5, 5.41) is 5.37. The van der Waals surface area contributed by atoms with E-state index >= 15 is 0 Å². The summed E-state index contributed by atoms with van der Waals surface area (Å²) >= 11 is 1.72. The van der Waals surface area contributed by atoms with Gasteiger partial charge in [0, 0.05) is 17.4 Å². The van der Waals surface area contributed by atoms with Crippen LogP contribution in [0.3, 0.4) is 0 Å². The SMILES string of the molecule is Cc1ccc(C)c(C2=NNC(=NC(C)C)SC2)c1. The van der Waals surface area contributed by atoms with E-state index in [0.29, 0.717) is 6.04 Å². The number of amidine groups is 1. The molecule has 3 nitrogen and oxygen atoms in total. The maximum Gasteiger partial charge on any atom is 0.177 e. The summed E-state index contributed by atoms with van der Waals surface area (Å²) in [5.41, 5.74) is 7.92. The quantitative estimate of drug-likeness (QED) is 0.888. The van der Waals surface area contributed by atoms with Crippen LogP contribution in [0, 0.1) is 13.8 Å². The van der Waals surface area contributed by atoms with Crippen molar-refractivity contribution in [3.8, 4) is 0 Å². The van der Waals surface area contributed by atoms with E-state index in [9.17, 15) is 0 Å². The molecule has 0 aliphatic carbocycles. The third kappa shape index (κ3) is 3.13. The zero-order chi connectivity index (χ0) is 13.1. The number of benzene rings is 1. The fraction of sp³-hybridized carbons (Fsp3) is 0.429. The van der Waals surface area contributed by atoms with Crippen molar-refractivity contribution in [3.63, 3.8) is 0 Å². The normalized spacial score (nSPS) is 17.8. The molecule has 0 unspecified atom stereocenters. The van der Waals surface area contributed by atoms with Crippen molar-refractivity contribution in [1.82, 2.24) is 5.43 Å². The lowest BCUT2D eigenvalue weighted by Gasteiger charge is -2.17. The fourth-order valence-electron chi connectivity index (χ4n) is 1.80. The van der Waals surface area contributed by atoms with Gasteiger partial charge in [0.05, 0.1) is 5.71 Å². The van der Waals surface area contributed by atoms with Gasteiger partial charge in [-0.25, -0.2) is 0 Å². The van der Waals surface area contributed by atoms with Crippen LogP contribution in [0.15, 0.2) is 28.3 Å². The first-order valence-corrected chi connectivity index (χ1v) is 7.15. The van der Waals surface area contributed by atoms with Crippen LogP contribution in [0.2, 0.25) is 0 Å². The zero-order valence-electron chi connectivity index (χ0n) is 11.3. The van der Waals surface area contributed by atoms with E-state index in [-0.39, 0.29) is 0 Å². The number of rotatable bonds is 2. The van der Waals surface area contributed by atoms with Gasteiger partial charge in [-0.15, -0.1) is 0 Å². The van der Waals surface area contributed by atoms with Gasteiger partial charge in [0.2, 0.25) is 0 Å². The molecule has 0 amide bonds. The van der Waals surface area contributed by atoms with Crippen molar-refractivity contribution in [2.24, 2.45) is 10.1 Å². The Hall–Kier alpha value is -1.29. The standard InChI is InChI=1S/C14H19N3S/c1-9(2)15-14-17-16-13(8-18-14)12-7-10(3)5-6-11(12)4/h5-7,9H,8H2,1-4H3,(H,15,17). The van der Waals surface area contributed by atoms with Crippen molar-refractivity contribution >= 4 is 22.6 Å². The molecule has 0 radical (unpaired) electrons. The van der Waals surface area contributed by atoms with Crippen molar-refractivity contribution in [1.29, 1.82) is 0 Å². The molecule has 0 atom stereocenters. The molecular formula is C14H19N3S. The van der Waals surface area contributed by atoms with Crippen LogP contribution in [0.25, 0.3) is 0 Å². The molecule has 0 spiro atoms. The maximum atomic E-state index is 4.47. The lowest BCUT2D eigenvalue weighted by atomic mass is 10.0. The minimum atomic E-state index is 0.303. The maximum absolute atomic E-state index is 4.47. The van der Waals surface area contributed by atoms with Gasteiger partial charge in [0.1, 0.15) is 0 Å². The van der Waals surface area contributed by atoms with Crippen LogP contribution < -0.4 is 5.43 Å². The van der Waals surface area contributed by atoms with Crippen molar-refractivity contribution in [2.45, 2.75) is 33.7 Å². The molecule has 0 saturated carbocycles. The molecule has 4 heteroatoms. The first kappa shape index (κ1) is 13.1.